The monoisotopic (exact) mass is 238 g/mol. The molecule has 1 aromatic rings. The summed E-state index contributed by atoms with van der Waals surface area (Å²) in [6, 6.07) is 8.25. The van der Waals surface area contributed by atoms with Crippen LogP contribution in [0.2, 0.25) is 0 Å². The average molecular weight is 238 g/mol. The predicted molar refractivity (Wildman–Crippen MR) is 72.1 cm³/mol. The first-order chi connectivity index (χ1) is 7.50. The first kappa shape index (κ1) is 13.6. The molecule has 16 heavy (non-hydrogen) atoms. The Labute approximate surface area is 105 Å². The summed E-state index contributed by atoms with van der Waals surface area (Å²) in [6.07, 6.45) is 0.191. The molecule has 0 radical (unpaired) electrons. The van der Waals surface area contributed by atoms with Crippen molar-refractivity contribution in [2.24, 2.45) is 11.8 Å². The molecule has 0 unspecified atom stereocenters. The third kappa shape index (κ3) is 4.18. The van der Waals surface area contributed by atoms with Crippen molar-refractivity contribution in [3.05, 3.63) is 29.8 Å². The van der Waals surface area contributed by atoms with Crippen molar-refractivity contribution in [1.82, 2.24) is 0 Å². The van der Waals surface area contributed by atoms with E-state index in [0.717, 1.165) is 11.5 Å². The van der Waals surface area contributed by atoms with Crippen LogP contribution in [0.25, 0.3) is 0 Å². The molecule has 0 aromatic heterocycles. The number of thiol groups is 1. The predicted octanol–water partition coefficient (Wildman–Crippen LogP) is 4.35. The molecule has 0 heterocycles. The maximum atomic E-state index is 5.97. The molecule has 0 aliphatic carbocycles. The number of hydrogen-bond acceptors (Lipinski definition) is 2. The highest BCUT2D eigenvalue weighted by Crippen LogP contribution is 2.27. The van der Waals surface area contributed by atoms with Crippen LogP contribution in [0.15, 0.2) is 29.2 Å². The van der Waals surface area contributed by atoms with Gasteiger partial charge in [0.1, 0.15) is 0 Å². The lowest BCUT2D eigenvalue weighted by Crippen LogP contribution is -2.14. The smallest absolute Gasteiger partial charge is 0.0847 e. The zero-order valence-corrected chi connectivity index (χ0v) is 11.5. The van der Waals surface area contributed by atoms with Crippen LogP contribution in [-0.2, 0) is 4.74 Å². The summed E-state index contributed by atoms with van der Waals surface area (Å²) >= 11 is 4.30. The highest BCUT2D eigenvalue weighted by atomic mass is 32.1. The number of rotatable bonds is 5. The molecule has 0 amide bonds. The van der Waals surface area contributed by atoms with Gasteiger partial charge in [0.05, 0.1) is 6.10 Å². The molecule has 1 aromatic carbocycles. The average Bonchev–Trinajstić information content (AvgIpc) is 2.20. The Balaban J connectivity index is 2.73. The number of hydrogen-bond donors (Lipinski definition) is 1. The molecule has 0 spiro atoms. The summed E-state index contributed by atoms with van der Waals surface area (Å²) in [6.45, 7) is 9.55. The molecular weight excluding hydrogens is 216 g/mol. The molecular formula is C14H22OS. The van der Waals surface area contributed by atoms with Crippen LogP contribution in [0.5, 0.6) is 0 Å². The largest absolute Gasteiger partial charge is 0.373 e. The van der Waals surface area contributed by atoms with E-state index in [1.54, 1.807) is 0 Å². The maximum absolute atomic E-state index is 5.97. The molecule has 2 heteroatoms. The van der Waals surface area contributed by atoms with Crippen molar-refractivity contribution in [2.75, 3.05) is 6.61 Å². The lowest BCUT2D eigenvalue weighted by atomic mass is 9.99. The molecule has 0 bridgehead atoms. The van der Waals surface area contributed by atoms with E-state index in [1.165, 1.54) is 5.56 Å². The quantitative estimate of drug-likeness (QED) is 0.751. The van der Waals surface area contributed by atoms with E-state index in [4.69, 9.17) is 4.74 Å². The Kier molecular flexibility index (Phi) is 5.36. The van der Waals surface area contributed by atoms with E-state index in [0.29, 0.717) is 11.8 Å². The topological polar surface area (TPSA) is 9.23 Å². The minimum Gasteiger partial charge on any atom is -0.373 e. The van der Waals surface area contributed by atoms with Crippen LogP contribution >= 0.6 is 12.6 Å². The molecule has 1 nitrogen and oxygen atoms in total. The molecule has 0 saturated heterocycles. The molecule has 90 valence electrons. The van der Waals surface area contributed by atoms with Gasteiger partial charge in [-0.2, -0.15) is 0 Å². The van der Waals surface area contributed by atoms with Crippen LogP contribution in [0.1, 0.15) is 39.4 Å². The zero-order chi connectivity index (χ0) is 12.1. The van der Waals surface area contributed by atoms with Crippen molar-refractivity contribution < 1.29 is 4.74 Å². The van der Waals surface area contributed by atoms with E-state index in [9.17, 15) is 0 Å². The van der Waals surface area contributed by atoms with Gasteiger partial charge in [-0.15, -0.1) is 12.6 Å². The van der Waals surface area contributed by atoms with Crippen LogP contribution in [0.4, 0.5) is 0 Å². The fourth-order valence-electron chi connectivity index (χ4n) is 1.63. The molecule has 0 fully saturated rings. The summed E-state index contributed by atoms with van der Waals surface area (Å²) in [5, 5.41) is 0. The van der Waals surface area contributed by atoms with E-state index in [2.05, 4.69) is 52.5 Å². The van der Waals surface area contributed by atoms with Crippen LogP contribution in [-0.4, -0.2) is 6.61 Å². The van der Waals surface area contributed by atoms with Crippen molar-refractivity contribution in [3.8, 4) is 0 Å². The summed E-state index contributed by atoms with van der Waals surface area (Å²) in [4.78, 5) is 0.995. The van der Waals surface area contributed by atoms with Gasteiger partial charge >= 0.3 is 0 Å². The third-order valence-electron chi connectivity index (χ3n) is 2.44. The zero-order valence-electron chi connectivity index (χ0n) is 10.6. The number of ether oxygens (including phenoxy) is 1. The molecule has 1 atom stereocenters. The molecule has 0 aliphatic heterocycles. The molecule has 0 saturated carbocycles. The van der Waals surface area contributed by atoms with E-state index >= 15 is 0 Å². The van der Waals surface area contributed by atoms with Gasteiger partial charge in [0.15, 0.2) is 0 Å². The Bertz CT molecular complexity index is 303. The lowest BCUT2D eigenvalue weighted by Gasteiger charge is -2.23. The first-order valence-corrected chi connectivity index (χ1v) is 6.36. The Morgan fingerprint density at radius 2 is 1.62 bits per heavy atom. The number of benzene rings is 1. The Morgan fingerprint density at radius 1 is 1.06 bits per heavy atom. The van der Waals surface area contributed by atoms with Gasteiger partial charge in [0.2, 0.25) is 0 Å². The maximum Gasteiger partial charge on any atom is 0.0847 e. The van der Waals surface area contributed by atoms with Gasteiger partial charge in [0.25, 0.3) is 0 Å². The standard InChI is InChI=1S/C14H22OS/c1-10(2)9-15-14(11(3)4)12-5-7-13(16)8-6-12/h5-8,10-11,14,16H,9H2,1-4H3/t14-/m0/s1. The second-order valence-corrected chi connectivity index (χ2v) is 5.50. The van der Waals surface area contributed by atoms with Crippen molar-refractivity contribution in [3.63, 3.8) is 0 Å². The van der Waals surface area contributed by atoms with E-state index in [1.807, 2.05) is 12.1 Å². The van der Waals surface area contributed by atoms with Gasteiger partial charge in [0, 0.05) is 11.5 Å². The SMILES string of the molecule is CC(C)CO[C@H](c1ccc(S)cc1)C(C)C. The second kappa shape index (κ2) is 6.31. The Hall–Kier alpha value is -0.470. The summed E-state index contributed by atoms with van der Waals surface area (Å²) in [5.74, 6) is 1.06. The van der Waals surface area contributed by atoms with Gasteiger partial charge in [-0.3, -0.25) is 0 Å². The molecule has 0 aliphatic rings. The second-order valence-electron chi connectivity index (χ2n) is 4.98. The fourth-order valence-corrected chi connectivity index (χ4v) is 1.78. The highest BCUT2D eigenvalue weighted by Gasteiger charge is 2.16. The van der Waals surface area contributed by atoms with Crippen molar-refractivity contribution in [1.29, 1.82) is 0 Å². The van der Waals surface area contributed by atoms with Crippen LogP contribution in [0, 0.1) is 11.8 Å². The summed E-state index contributed by atoms with van der Waals surface area (Å²) in [5.41, 5.74) is 1.24. The minimum atomic E-state index is 0.191. The van der Waals surface area contributed by atoms with Crippen molar-refractivity contribution in [2.45, 2.75) is 38.7 Å². The van der Waals surface area contributed by atoms with E-state index in [-0.39, 0.29) is 6.10 Å². The first-order valence-electron chi connectivity index (χ1n) is 5.91. The molecule has 0 N–H and O–H groups in total. The third-order valence-corrected chi connectivity index (χ3v) is 2.73. The van der Waals surface area contributed by atoms with Gasteiger partial charge in [-0.25, -0.2) is 0 Å². The van der Waals surface area contributed by atoms with Gasteiger partial charge in [-0.1, -0.05) is 39.8 Å². The molecule has 1 rings (SSSR count). The minimum absolute atomic E-state index is 0.191. The summed E-state index contributed by atoms with van der Waals surface area (Å²) in [7, 11) is 0. The van der Waals surface area contributed by atoms with Gasteiger partial charge in [-0.05, 0) is 29.5 Å². The van der Waals surface area contributed by atoms with Crippen molar-refractivity contribution >= 4 is 12.6 Å². The summed E-state index contributed by atoms with van der Waals surface area (Å²) < 4.78 is 5.97. The van der Waals surface area contributed by atoms with E-state index < -0.39 is 0 Å². The highest BCUT2D eigenvalue weighted by molar-refractivity contribution is 7.80. The lowest BCUT2D eigenvalue weighted by molar-refractivity contribution is 0.00612. The fraction of sp³-hybridized carbons (Fsp3) is 0.571. The van der Waals surface area contributed by atoms with Crippen LogP contribution in [0.3, 0.4) is 0 Å². The van der Waals surface area contributed by atoms with Gasteiger partial charge < -0.3 is 4.74 Å². The Morgan fingerprint density at radius 3 is 2.06 bits per heavy atom. The normalized spacial score (nSPS) is 13.4. The van der Waals surface area contributed by atoms with Crippen LogP contribution < -0.4 is 0 Å².